The summed E-state index contributed by atoms with van der Waals surface area (Å²) in [7, 11) is 0. The maximum atomic E-state index is 12.2. The standard InChI is InChI=1S/C13H22N4O/c1-2-17(12-6-3-4-7-12)13(18)8-5-9-16-11-14-10-15-16/h10-12H,2-9H2,1H3. The average Bonchev–Trinajstić information content (AvgIpc) is 3.02. The molecule has 1 amide bonds. The second-order valence-electron chi connectivity index (χ2n) is 4.88. The number of aryl methyl sites for hydroxylation is 1. The van der Waals surface area contributed by atoms with Crippen molar-refractivity contribution in [3.8, 4) is 0 Å². The van der Waals surface area contributed by atoms with Crippen LogP contribution in [-0.4, -0.2) is 38.2 Å². The second-order valence-corrected chi connectivity index (χ2v) is 4.88. The van der Waals surface area contributed by atoms with Gasteiger partial charge in [-0.2, -0.15) is 5.10 Å². The van der Waals surface area contributed by atoms with E-state index >= 15 is 0 Å². The third-order valence-electron chi connectivity index (χ3n) is 3.67. The van der Waals surface area contributed by atoms with Crippen molar-refractivity contribution in [1.82, 2.24) is 19.7 Å². The lowest BCUT2D eigenvalue weighted by Gasteiger charge is -2.27. The highest BCUT2D eigenvalue weighted by Crippen LogP contribution is 2.24. The molecule has 1 aromatic rings. The number of rotatable bonds is 6. The van der Waals surface area contributed by atoms with Crippen LogP contribution in [0.2, 0.25) is 0 Å². The van der Waals surface area contributed by atoms with Crippen molar-refractivity contribution in [2.24, 2.45) is 0 Å². The molecule has 1 aromatic heterocycles. The molecule has 100 valence electrons. The second kappa shape index (κ2) is 6.52. The van der Waals surface area contributed by atoms with Crippen molar-refractivity contribution in [3.05, 3.63) is 12.7 Å². The Morgan fingerprint density at radius 3 is 2.83 bits per heavy atom. The van der Waals surface area contributed by atoms with Gasteiger partial charge in [0.2, 0.25) is 5.91 Å². The maximum Gasteiger partial charge on any atom is 0.222 e. The minimum atomic E-state index is 0.296. The molecule has 1 fully saturated rings. The van der Waals surface area contributed by atoms with Gasteiger partial charge in [-0.15, -0.1) is 0 Å². The minimum absolute atomic E-state index is 0.296. The summed E-state index contributed by atoms with van der Waals surface area (Å²) in [6.07, 6.45) is 9.58. The molecule has 0 N–H and O–H groups in total. The fourth-order valence-electron chi connectivity index (χ4n) is 2.74. The molecule has 1 aliphatic carbocycles. The number of hydrogen-bond donors (Lipinski definition) is 0. The van der Waals surface area contributed by atoms with Crippen LogP contribution in [0.15, 0.2) is 12.7 Å². The fraction of sp³-hybridized carbons (Fsp3) is 0.769. The summed E-state index contributed by atoms with van der Waals surface area (Å²) in [5.41, 5.74) is 0. The monoisotopic (exact) mass is 250 g/mol. The molecule has 1 heterocycles. The molecule has 0 unspecified atom stereocenters. The van der Waals surface area contributed by atoms with Gasteiger partial charge in [-0.25, -0.2) is 4.98 Å². The molecule has 0 atom stereocenters. The SMILES string of the molecule is CCN(C(=O)CCCn1cncn1)C1CCCC1. The molecule has 0 spiro atoms. The molecule has 5 nitrogen and oxygen atoms in total. The number of amides is 1. The predicted octanol–water partition coefficient (Wildman–Crippen LogP) is 1.85. The Kier molecular flexibility index (Phi) is 4.73. The normalized spacial score (nSPS) is 16.1. The van der Waals surface area contributed by atoms with E-state index in [0.29, 0.717) is 18.4 Å². The van der Waals surface area contributed by atoms with Gasteiger partial charge in [0.05, 0.1) is 0 Å². The Labute approximate surface area is 108 Å². The van der Waals surface area contributed by atoms with Crippen LogP contribution in [0.1, 0.15) is 45.4 Å². The van der Waals surface area contributed by atoms with Gasteiger partial charge in [0, 0.05) is 25.6 Å². The van der Waals surface area contributed by atoms with Crippen LogP contribution in [0.25, 0.3) is 0 Å². The highest BCUT2D eigenvalue weighted by Gasteiger charge is 2.24. The van der Waals surface area contributed by atoms with E-state index in [-0.39, 0.29) is 0 Å². The van der Waals surface area contributed by atoms with Crippen LogP contribution in [0, 0.1) is 0 Å². The van der Waals surface area contributed by atoms with Crippen LogP contribution >= 0.6 is 0 Å². The van der Waals surface area contributed by atoms with Crippen LogP contribution in [0.3, 0.4) is 0 Å². The van der Waals surface area contributed by atoms with Crippen LogP contribution in [0.5, 0.6) is 0 Å². The average molecular weight is 250 g/mol. The molecule has 0 saturated heterocycles. The molecule has 0 radical (unpaired) electrons. The minimum Gasteiger partial charge on any atom is -0.340 e. The molecule has 0 aliphatic heterocycles. The Balaban J connectivity index is 1.75. The number of aromatic nitrogens is 3. The molecule has 1 saturated carbocycles. The molecule has 0 aromatic carbocycles. The largest absolute Gasteiger partial charge is 0.340 e. The lowest BCUT2D eigenvalue weighted by atomic mass is 10.2. The van der Waals surface area contributed by atoms with Gasteiger partial charge in [-0.3, -0.25) is 9.48 Å². The summed E-state index contributed by atoms with van der Waals surface area (Å²) in [4.78, 5) is 18.1. The molecule has 18 heavy (non-hydrogen) atoms. The number of carbonyl (C=O) groups is 1. The predicted molar refractivity (Wildman–Crippen MR) is 68.9 cm³/mol. The van der Waals surface area contributed by atoms with Gasteiger partial charge in [-0.05, 0) is 26.2 Å². The van der Waals surface area contributed by atoms with E-state index in [2.05, 4.69) is 21.9 Å². The topological polar surface area (TPSA) is 51.0 Å². The third kappa shape index (κ3) is 3.31. The van der Waals surface area contributed by atoms with Gasteiger partial charge in [0.25, 0.3) is 0 Å². The molecule has 0 bridgehead atoms. The Morgan fingerprint density at radius 2 is 2.22 bits per heavy atom. The summed E-state index contributed by atoms with van der Waals surface area (Å²) >= 11 is 0. The summed E-state index contributed by atoms with van der Waals surface area (Å²) in [6, 6.07) is 0.494. The van der Waals surface area contributed by atoms with Crippen molar-refractivity contribution in [1.29, 1.82) is 0 Å². The first-order valence-electron chi connectivity index (χ1n) is 6.93. The van der Waals surface area contributed by atoms with Crippen molar-refractivity contribution in [2.45, 2.75) is 58.0 Å². The van der Waals surface area contributed by atoms with Gasteiger partial charge in [0.15, 0.2) is 0 Å². The van der Waals surface area contributed by atoms with Gasteiger partial charge in [-0.1, -0.05) is 12.8 Å². The Bertz CT molecular complexity index is 357. The van der Waals surface area contributed by atoms with Crippen molar-refractivity contribution >= 4 is 5.91 Å². The number of hydrogen-bond acceptors (Lipinski definition) is 3. The van der Waals surface area contributed by atoms with Gasteiger partial charge in [0.1, 0.15) is 12.7 Å². The zero-order valence-electron chi connectivity index (χ0n) is 11.1. The van der Waals surface area contributed by atoms with Crippen molar-refractivity contribution in [3.63, 3.8) is 0 Å². The van der Waals surface area contributed by atoms with Crippen LogP contribution in [-0.2, 0) is 11.3 Å². The zero-order chi connectivity index (χ0) is 12.8. The third-order valence-corrected chi connectivity index (χ3v) is 3.67. The highest BCUT2D eigenvalue weighted by molar-refractivity contribution is 5.76. The van der Waals surface area contributed by atoms with Crippen LogP contribution < -0.4 is 0 Å². The summed E-state index contributed by atoms with van der Waals surface area (Å²) in [6.45, 7) is 3.69. The van der Waals surface area contributed by atoms with Crippen molar-refractivity contribution in [2.75, 3.05) is 6.54 Å². The van der Waals surface area contributed by atoms with E-state index in [1.807, 2.05) is 0 Å². The molecular formula is C13H22N4O. The highest BCUT2D eigenvalue weighted by atomic mass is 16.2. The fourth-order valence-corrected chi connectivity index (χ4v) is 2.74. The first-order chi connectivity index (χ1) is 8.81. The molecular weight excluding hydrogens is 228 g/mol. The van der Waals surface area contributed by atoms with Gasteiger partial charge < -0.3 is 4.90 Å². The maximum absolute atomic E-state index is 12.2. The molecule has 1 aliphatic rings. The first-order valence-corrected chi connectivity index (χ1v) is 6.93. The van der Waals surface area contributed by atoms with E-state index in [1.165, 1.54) is 32.0 Å². The van der Waals surface area contributed by atoms with E-state index in [4.69, 9.17) is 0 Å². The first kappa shape index (κ1) is 13.1. The Morgan fingerprint density at radius 1 is 1.44 bits per heavy atom. The van der Waals surface area contributed by atoms with Crippen LogP contribution in [0.4, 0.5) is 0 Å². The lowest BCUT2D eigenvalue weighted by Crippen LogP contribution is -2.38. The lowest BCUT2D eigenvalue weighted by molar-refractivity contribution is -0.133. The van der Waals surface area contributed by atoms with Crippen molar-refractivity contribution < 1.29 is 4.79 Å². The Hall–Kier alpha value is -1.39. The number of nitrogens with zero attached hydrogens (tertiary/aromatic N) is 4. The molecule has 2 rings (SSSR count). The van der Waals surface area contributed by atoms with E-state index in [1.54, 1.807) is 11.0 Å². The number of carbonyl (C=O) groups excluding carboxylic acids is 1. The smallest absolute Gasteiger partial charge is 0.222 e. The molecule has 5 heteroatoms. The summed E-state index contributed by atoms with van der Waals surface area (Å²) < 4.78 is 1.78. The summed E-state index contributed by atoms with van der Waals surface area (Å²) in [5, 5.41) is 4.04. The van der Waals surface area contributed by atoms with Gasteiger partial charge >= 0.3 is 0 Å². The van der Waals surface area contributed by atoms with E-state index in [0.717, 1.165) is 19.5 Å². The van der Waals surface area contributed by atoms with E-state index in [9.17, 15) is 4.79 Å². The zero-order valence-corrected chi connectivity index (χ0v) is 11.1. The van der Waals surface area contributed by atoms with E-state index < -0.39 is 0 Å². The summed E-state index contributed by atoms with van der Waals surface area (Å²) in [5.74, 6) is 0.296. The quantitative estimate of drug-likeness (QED) is 0.774.